The molecule has 0 aliphatic rings. The van der Waals surface area contributed by atoms with Crippen molar-refractivity contribution in [1.82, 2.24) is 0 Å². The van der Waals surface area contributed by atoms with Gasteiger partial charge in [-0.25, -0.2) is 0 Å². The van der Waals surface area contributed by atoms with Crippen LogP contribution in [-0.4, -0.2) is 11.2 Å². The topological polar surface area (TPSA) is 20.2 Å². The number of hydrogen-bond donors (Lipinski definition) is 1. The van der Waals surface area contributed by atoms with Crippen LogP contribution < -0.4 is 0 Å². The second kappa shape index (κ2) is 7.81. The molecule has 0 aromatic rings. The summed E-state index contributed by atoms with van der Waals surface area (Å²) in [4.78, 5) is 0. The second-order valence-corrected chi connectivity index (χ2v) is 3.96. The number of rotatable bonds is 6. The van der Waals surface area contributed by atoms with Gasteiger partial charge in [0.25, 0.3) is 0 Å². The molecule has 0 aliphatic carbocycles. The van der Waals surface area contributed by atoms with Crippen LogP contribution in [0.1, 0.15) is 53.4 Å². The zero-order chi connectivity index (χ0) is 11.0. The van der Waals surface area contributed by atoms with E-state index in [4.69, 9.17) is 0 Å². The lowest BCUT2D eigenvalue weighted by Gasteiger charge is -2.10. The molecule has 0 aliphatic heterocycles. The van der Waals surface area contributed by atoms with Gasteiger partial charge in [-0.3, -0.25) is 0 Å². The van der Waals surface area contributed by atoms with Crippen LogP contribution >= 0.6 is 0 Å². The van der Waals surface area contributed by atoms with Crippen molar-refractivity contribution in [3.63, 3.8) is 0 Å². The number of aliphatic hydroxyl groups excluding tert-OH is 1. The minimum Gasteiger partial charge on any atom is -0.385 e. The monoisotopic (exact) mass is 196 g/mol. The van der Waals surface area contributed by atoms with Crippen molar-refractivity contribution >= 4 is 0 Å². The average Bonchev–Trinajstić information content (AvgIpc) is 2.11. The van der Waals surface area contributed by atoms with E-state index >= 15 is 0 Å². The van der Waals surface area contributed by atoms with Gasteiger partial charge in [0, 0.05) is 0 Å². The largest absolute Gasteiger partial charge is 0.385 e. The Morgan fingerprint density at radius 2 is 1.93 bits per heavy atom. The molecular weight excluding hydrogens is 172 g/mol. The van der Waals surface area contributed by atoms with Crippen LogP contribution in [0.5, 0.6) is 0 Å². The van der Waals surface area contributed by atoms with E-state index < -0.39 is 0 Å². The molecule has 0 rings (SSSR count). The fourth-order valence-electron chi connectivity index (χ4n) is 1.39. The van der Waals surface area contributed by atoms with Crippen molar-refractivity contribution < 1.29 is 5.11 Å². The quantitative estimate of drug-likeness (QED) is 0.505. The molecule has 0 saturated heterocycles. The lowest BCUT2D eigenvalue weighted by molar-refractivity contribution is 0.254. The SMILES string of the molecule is CCCC/C=C(/CC)[C@@H](O)C=C(C)C. The third kappa shape index (κ3) is 5.98. The van der Waals surface area contributed by atoms with Gasteiger partial charge in [0.15, 0.2) is 0 Å². The van der Waals surface area contributed by atoms with E-state index in [2.05, 4.69) is 19.9 Å². The lowest BCUT2D eigenvalue weighted by Crippen LogP contribution is -2.06. The molecular formula is C13H24O. The van der Waals surface area contributed by atoms with E-state index in [0.29, 0.717) is 0 Å². The maximum absolute atomic E-state index is 9.83. The van der Waals surface area contributed by atoms with E-state index in [1.54, 1.807) is 0 Å². The smallest absolute Gasteiger partial charge is 0.0934 e. The average molecular weight is 196 g/mol. The van der Waals surface area contributed by atoms with Gasteiger partial charge in [0.2, 0.25) is 0 Å². The molecule has 82 valence electrons. The summed E-state index contributed by atoms with van der Waals surface area (Å²) in [5, 5.41) is 9.83. The normalized spacial score (nSPS) is 13.9. The molecule has 0 amide bonds. The molecule has 0 heterocycles. The van der Waals surface area contributed by atoms with Crippen LogP contribution in [0.2, 0.25) is 0 Å². The van der Waals surface area contributed by atoms with Gasteiger partial charge in [0.05, 0.1) is 6.10 Å². The first-order valence-electron chi connectivity index (χ1n) is 5.63. The summed E-state index contributed by atoms with van der Waals surface area (Å²) in [6.45, 7) is 8.32. The molecule has 1 N–H and O–H groups in total. The van der Waals surface area contributed by atoms with Crippen LogP contribution in [-0.2, 0) is 0 Å². The Morgan fingerprint density at radius 3 is 2.36 bits per heavy atom. The van der Waals surface area contributed by atoms with Crippen molar-refractivity contribution in [2.45, 2.75) is 59.5 Å². The molecule has 0 unspecified atom stereocenters. The summed E-state index contributed by atoms with van der Waals surface area (Å²) in [7, 11) is 0. The van der Waals surface area contributed by atoms with Crippen molar-refractivity contribution in [2.24, 2.45) is 0 Å². The third-order valence-corrected chi connectivity index (χ3v) is 2.24. The van der Waals surface area contributed by atoms with Crippen LogP contribution in [0.15, 0.2) is 23.3 Å². The van der Waals surface area contributed by atoms with Crippen molar-refractivity contribution in [2.75, 3.05) is 0 Å². The Labute approximate surface area is 88.5 Å². The predicted molar refractivity (Wildman–Crippen MR) is 63.3 cm³/mol. The first-order valence-corrected chi connectivity index (χ1v) is 5.63. The summed E-state index contributed by atoms with van der Waals surface area (Å²) in [6.07, 6.45) is 8.19. The highest BCUT2D eigenvalue weighted by Crippen LogP contribution is 2.12. The molecule has 1 atom stereocenters. The third-order valence-electron chi connectivity index (χ3n) is 2.24. The van der Waals surface area contributed by atoms with E-state index in [0.717, 1.165) is 18.4 Å². The Morgan fingerprint density at radius 1 is 1.29 bits per heavy atom. The zero-order valence-electron chi connectivity index (χ0n) is 10.0. The molecule has 14 heavy (non-hydrogen) atoms. The lowest BCUT2D eigenvalue weighted by atomic mass is 10.0. The van der Waals surface area contributed by atoms with Gasteiger partial charge < -0.3 is 5.11 Å². The maximum Gasteiger partial charge on any atom is 0.0934 e. The van der Waals surface area contributed by atoms with E-state index in [9.17, 15) is 5.11 Å². The summed E-state index contributed by atoms with van der Waals surface area (Å²) >= 11 is 0. The van der Waals surface area contributed by atoms with Gasteiger partial charge in [0.1, 0.15) is 0 Å². The molecule has 0 spiro atoms. The van der Waals surface area contributed by atoms with E-state index in [-0.39, 0.29) is 6.10 Å². The summed E-state index contributed by atoms with van der Waals surface area (Å²) in [6, 6.07) is 0. The van der Waals surface area contributed by atoms with Gasteiger partial charge in [-0.05, 0) is 32.3 Å². The van der Waals surface area contributed by atoms with Crippen LogP contribution in [0.4, 0.5) is 0 Å². The molecule has 0 fully saturated rings. The van der Waals surface area contributed by atoms with Crippen molar-refractivity contribution in [3.8, 4) is 0 Å². The molecule has 0 saturated carbocycles. The first-order chi connectivity index (χ1) is 6.61. The van der Waals surface area contributed by atoms with Gasteiger partial charge in [-0.15, -0.1) is 0 Å². The number of unbranched alkanes of at least 4 members (excludes halogenated alkanes) is 2. The van der Waals surface area contributed by atoms with Crippen LogP contribution in [0, 0.1) is 0 Å². The maximum atomic E-state index is 9.83. The van der Waals surface area contributed by atoms with Gasteiger partial charge in [-0.2, -0.15) is 0 Å². The highest BCUT2D eigenvalue weighted by molar-refractivity contribution is 5.16. The number of hydrogen-bond acceptors (Lipinski definition) is 1. The molecule has 0 radical (unpaired) electrons. The molecule has 0 aromatic carbocycles. The Hall–Kier alpha value is -0.560. The minimum absolute atomic E-state index is 0.373. The summed E-state index contributed by atoms with van der Waals surface area (Å²) in [5.41, 5.74) is 2.33. The second-order valence-electron chi connectivity index (χ2n) is 3.96. The highest BCUT2D eigenvalue weighted by atomic mass is 16.3. The highest BCUT2D eigenvalue weighted by Gasteiger charge is 2.04. The standard InChI is InChI=1S/C13H24O/c1-5-7-8-9-12(6-2)13(14)10-11(3)4/h9-10,13-14H,5-8H2,1-4H3/b12-9-/t13-/m0/s1. The van der Waals surface area contributed by atoms with Crippen molar-refractivity contribution in [1.29, 1.82) is 0 Å². The number of allylic oxidation sites excluding steroid dienone is 2. The molecule has 1 heteroatoms. The molecule has 1 nitrogen and oxygen atoms in total. The Kier molecular flexibility index (Phi) is 7.50. The molecule has 0 aromatic heterocycles. The fraction of sp³-hybridized carbons (Fsp3) is 0.692. The van der Waals surface area contributed by atoms with Crippen LogP contribution in [0.3, 0.4) is 0 Å². The number of aliphatic hydroxyl groups is 1. The van der Waals surface area contributed by atoms with Gasteiger partial charge in [-0.1, -0.05) is 44.4 Å². The van der Waals surface area contributed by atoms with Gasteiger partial charge >= 0.3 is 0 Å². The van der Waals surface area contributed by atoms with E-state index in [1.165, 1.54) is 18.4 Å². The van der Waals surface area contributed by atoms with Crippen LogP contribution in [0.25, 0.3) is 0 Å². The zero-order valence-corrected chi connectivity index (χ0v) is 10.0. The summed E-state index contributed by atoms with van der Waals surface area (Å²) in [5.74, 6) is 0. The van der Waals surface area contributed by atoms with Crippen molar-refractivity contribution in [3.05, 3.63) is 23.3 Å². The predicted octanol–water partition coefficient (Wildman–Crippen LogP) is 3.84. The Balaban J connectivity index is 4.24. The minimum atomic E-state index is -0.373. The summed E-state index contributed by atoms with van der Waals surface area (Å²) < 4.78 is 0. The fourth-order valence-corrected chi connectivity index (χ4v) is 1.39. The molecule has 0 bridgehead atoms. The Bertz CT molecular complexity index is 197. The van der Waals surface area contributed by atoms with E-state index in [1.807, 2.05) is 19.9 Å². The first kappa shape index (κ1) is 13.4.